The predicted molar refractivity (Wildman–Crippen MR) is 118 cm³/mol. The van der Waals surface area contributed by atoms with Gasteiger partial charge in [0.15, 0.2) is 5.82 Å². The summed E-state index contributed by atoms with van der Waals surface area (Å²) in [4.78, 5) is 11.0. The molecule has 33 heavy (non-hydrogen) atoms. The summed E-state index contributed by atoms with van der Waals surface area (Å²) < 4.78 is 47.0. The molecule has 1 atom stereocenters. The number of anilines is 1. The van der Waals surface area contributed by atoms with Crippen LogP contribution in [0.1, 0.15) is 43.1 Å². The van der Waals surface area contributed by atoms with Crippen LogP contribution in [0.4, 0.5) is 19.0 Å². The average Bonchev–Trinajstić information content (AvgIpc) is 3.35. The van der Waals surface area contributed by atoms with Gasteiger partial charge >= 0.3 is 0 Å². The smallest absolute Gasteiger partial charge is 0.202 e. The minimum absolute atomic E-state index is 0.147. The highest BCUT2D eigenvalue weighted by atomic mass is 35.5. The van der Waals surface area contributed by atoms with Gasteiger partial charge in [0, 0.05) is 19.2 Å². The molecule has 0 saturated carbocycles. The van der Waals surface area contributed by atoms with E-state index in [1.165, 1.54) is 0 Å². The highest BCUT2D eigenvalue weighted by Crippen LogP contribution is 2.42. The lowest BCUT2D eigenvalue weighted by Crippen LogP contribution is -2.41. The minimum atomic E-state index is -0.876. The van der Waals surface area contributed by atoms with Gasteiger partial charge < -0.3 is 9.64 Å². The summed E-state index contributed by atoms with van der Waals surface area (Å²) in [6, 6.07) is 1.68. The van der Waals surface area contributed by atoms with E-state index in [1.807, 2.05) is 4.90 Å². The highest BCUT2D eigenvalue weighted by molar-refractivity contribution is 6.31. The number of benzene rings is 1. The molecule has 0 amide bonds. The number of hydrogen-bond acceptors (Lipinski definition) is 5. The number of nitrogens with one attached hydrogen (secondary N) is 1. The van der Waals surface area contributed by atoms with Crippen LogP contribution in [0.2, 0.25) is 5.02 Å². The number of halogens is 4. The number of nitrogens with zero attached hydrogens (tertiary/aromatic N) is 4. The maximum atomic E-state index is 14.0. The Morgan fingerprint density at radius 2 is 2.03 bits per heavy atom. The fourth-order valence-corrected chi connectivity index (χ4v) is 4.91. The molecule has 4 heterocycles. The summed E-state index contributed by atoms with van der Waals surface area (Å²) in [7, 11) is 0. The first-order valence-electron chi connectivity index (χ1n) is 10.7. The molecule has 1 spiro atoms. The Kier molecular flexibility index (Phi) is 5.67. The Hall–Kier alpha value is -2.83. The fraction of sp³-hybridized carbons (Fsp3) is 0.435. The van der Waals surface area contributed by atoms with Gasteiger partial charge in [-0.15, -0.1) is 0 Å². The molecule has 172 valence electrons. The molecule has 10 heteroatoms. The van der Waals surface area contributed by atoms with Crippen molar-refractivity contribution in [3.63, 3.8) is 0 Å². The van der Waals surface area contributed by atoms with Gasteiger partial charge in [-0.2, -0.15) is 5.10 Å². The van der Waals surface area contributed by atoms with E-state index in [0.717, 1.165) is 45.0 Å². The molecular formula is C23H21ClF3N5O. The minimum Gasteiger partial charge on any atom is -0.378 e. The number of aromatic nitrogens is 4. The summed E-state index contributed by atoms with van der Waals surface area (Å²) in [6.45, 7) is 3.54. The van der Waals surface area contributed by atoms with Crippen LogP contribution in [0.25, 0.3) is 11.2 Å². The normalized spacial score (nSPS) is 19.8. The lowest BCUT2D eigenvalue weighted by atomic mass is 9.77. The standard InChI is InChI=1S/C23H21ClF3N5O/c1-13-10-23(12-33-13)4-6-32(7-5-23)22-19(11-25)28-20-18(30-31-21(20)29-22)3-2-15-16(24)8-14(26)9-17(15)27/h8-9,13H,4-7,10-12H2,1H3,(H,29,30,31)/t13-/m0/s1. The second-order valence-corrected chi connectivity index (χ2v) is 9.11. The molecule has 2 saturated heterocycles. The van der Waals surface area contributed by atoms with E-state index in [4.69, 9.17) is 16.3 Å². The van der Waals surface area contributed by atoms with Crippen LogP contribution in [0.3, 0.4) is 0 Å². The first kappa shape index (κ1) is 22.0. The Bertz CT molecular complexity index is 1250. The van der Waals surface area contributed by atoms with Crippen LogP contribution < -0.4 is 4.90 Å². The van der Waals surface area contributed by atoms with Crippen LogP contribution in [0, 0.1) is 28.9 Å². The zero-order valence-corrected chi connectivity index (χ0v) is 18.6. The maximum Gasteiger partial charge on any atom is 0.202 e. The van der Waals surface area contributed by atoms with E-state index in [0.29, 0.717) is 11.9 Å². The van der Waals surface area contributed by atoms with Crippen LogP contribution in [-0.4, -0.2) is 46.0 Å². The lowest BCUT2D eigenvalue weighted by molar-refractivity contribution is 0.0975. The third kappa shape index (κ3) is 4.13. The monoisotopic (exact) mass is 475 g/mol. The van der Waals surface area contributed by atoms with Gasteiger partial charge in [-0.3, -0.25) is 5.10 Å². The van der Waals surface area contributed by atoms with Crippen molar-refractivity contribution in [3.8, 4) is 11.8 Å². The van der Waals surface area contributed by atoms with E-state index in [-0.39, 0.29) is 44.7 Å². The molecule has 1 aromatic carbocycles. The topological polar surface area (TPSA) is 66.9 Å². The van der Waals surface area contributed by atoms with Crippen molar-refractivity contribution >= 4 is 28.6 Å². The maximum absolute atomic E-state index is 14.0. The fourth-order valence-electron chi connectivity index (χ4n) is 4.66. The highest BCUT2D eigenvalue weighted by Gasteiger charge is 2.41. The summed E-state index contributed by atoms with van der Waals surface area (Å²) in [5.74, 6) is 4.09. The molecule has 3 aromatic rings. The Balaban J connectivity index is 1.43. The quantitative estimate of drug-likeness (QED) is 0.551. The van der Waals surface area contributed by atoms with Crippen molar-refractivity contribution in [1.29, 1.82) is 0 Å². The van der Waals surface area contributed by atoms with E-state index in [9.17, 15) is 13.2 Å². The van der Waals surface area contributed by atoms with Crippen LogP contribution in [0.15, 0.2) is 12.1 Å². The first-order chi connectivity index (χ1) is 15.9. The number of fused-ring (bicyclic) bond motifs is 1. The largest absolute Gasteiger partial charge is 0.378 e. The van der Waals surface area contributed by atoms with Gasteiger partial charge in [0.25, 0.3) is 0 Å². The molecule has 5 rings (SSSR count). The molecule has 0 unspecified atom stereocenters. The molecule has 2 fully saturated rings. The van der Waals surface area contributed by atoms with Gasteiger partial charge in [0.05, 0.1) is 23.3 Å². The average molecular weight is 476 g/mol. The molecule has 1 N–H and O–H groups in total. The molecule has 0 aliphatic carbocycles. The third-order valence-electron chi connectivity index (χ3n) is 6.40. The van der Waals surface area contributed by atoms with E-state index < -0.39 is 18.3 Å². The Morgan fingerprint density at radius 3 is 2.70 bits per heavy atom. The molecule has 0 radical (unpaired) electrons. The first-order valence-corrected chi connectivity index (χ1v) is 11.1. The zero-order chi connectivity index (χ0) is 23.2. The van der Waals surface area contributed by atoms with Crippen molar-refractivity contribution in [2.24, 2.45) is 5.41 Å². The van der Waals surface area contributed by atoms with Gasteiger partial charge in [0.2, 0.25) is 5.65 Å². The van der Waals surface area contributed by atoms with Gasteiger partial charge in [0.1, 0.15) is 35.2 Å². The van der Waals surface area contributed by atoms with Gasteiger partial charge in [-0.1, -0.05) is 17.5 Å². The molecule has 0 bridgehead atoms. The number of H-pyrrole nitrogens is 1. The summed E-state index contributed by atoms with van der Waals surface area (Å²) in [6.07, 6.45) is 3.21. The lowest BCUT2D eigenvalue weighted by Gasteiger charge is -2.39. The molecule has 2 aliphatic heterocycles. The number of hydrogen-bond donors (Lipinski definition) is 1. The SMILES string of the molecule is C[C@H]1CC2(CCN(c3nc4n[nH]c(C#Cc5c(F)cc(F)cc5Cl)c4nc3CF)CC2)CO1. The Morgan fingerprint density at radius 1 is 1.24 bits per heavy atom. The van der Waals surface area contributed by atoms with Gasteiger partial charge in [-0.25, -0.2) is 23.1 Å². The van der Waals surface area contributed by atoms with E-state index >= 15 is 0 Å². The second kappa shape index (κ2) is 8.50. The van der Waals surface area contributed by atoms with Crippen molar-refractivity contribution in [3.05, 3.63) is 45.7 Å². The van der Waals surface area contributed by atoms with Crippen LogP contribution in [-0.2, 0) is 11.4 Å². The van der Waals surface area contributed by atoms with Crippen LogP contribution in [0.5, 0.6) is 0 Å². The molecule has 6 nitrogen and oxygen atoms in total. The van der Waals surface area contributed by atoms with Crippen molar-refractivity contribution in [2.45, 2.75) is 39.0 Å². The Labute approximate surface area is 193 Å². The van der Waals surface area contributed by atoms with E-state index in [2.05, 4.69) is 38.9 Å². The molecular weight excluding hydrogens is 455 g/mol. The van der Waals surface area contributed by atoms with Crippen molar-refractivity contribution < 1.29 is 17.9 Å². The summed E-state index contributed by atoms with van der Waals surface area (Å²) >= 11 is 5.90. The number of ether oxygens (including phenoxy) is 1. The predicted octanol–water partition coefficient (Wildman–Crippen LogP) is 4.55. The third-order valence-corrected chi connectivity index (χ3v) is 6.70. The van der Waals surface area contributed by atoms with Gasteiger partial charge in [-0.05, 0) is 43.6 Å². The number of rotatable bonds is 2. The molecule has 2 aliphatic rings. The summed E-state index contributed by atoms with van der Waals surface area (Å²) in [5, 5.41) is 6.71. The zero-order valence-electron chi connectivity index (χ0n) is 17.9. The number of aromatic amines is 1. The molecule has 2 aromatic heterocycles. The van der Waals surface area contributed by atoms with Crippen molar-refractivity contribution in [2.75, 3.05) is 24.6 Å². The van der Waals surface area contributed by atoms with Crippen LogP contribution >= 0.6 is 11.6 Å². The summed E-state index contributed by atoms with van der Waals surface area (Å²) in [5.41, 5.74) is 1.05. The number of alkyl halides is 1. The van der Waals surface area contributed by atoms with Crippen molar-refractivity contribution in [1.82, 2.24) is 20.2 Å². The second-order valence-electron chi connectivity index (χ2n) is 8.71. The number of piperidine rings is 1. The van der Waals surface area contributed by atoms with E-state index in [1.54, 1.807) is 0 Å².